The standard InChI is InChI=1S/C15H22N4O.HI/c1-12-5-4-6-13(11-12)18-15(16)17-8-7-14(20)19-9-2-3-10-19;/h4-6,11H,2-3,7-10H2,1H3,(H3,16,17,18);1H. The molecule has 0 aliphatic carbocycles. The zero-order valence-corrected chi connectivity index (χ0v) is 14.7. The Hall–Kier alpha value is -1.31. The van der Waals surface area contributed by atoms with Gasteiger partial charge in [0.25, 0.3) is 0 Å². The zero-order chi connectivity index (χ0) is 14.4. The fourth-order valence-electron chi connectivity index (χ4n) is 2.31. The summed E-state index contributed by atoms with van der Waals surface area (Å²) in [6, 6.07) is 7.91. The van der Waals surface area contributed by atoms with Crippen LogP contribution in [0.1, 0.15) is 24.8 Å². The normalized spacial score (nSPS) is 14.7. The molecule has 0 radical (unpaired) electrons. The van der Waals surface area contributed by atoms with Crippen LogP contribution in [0, 0.1) is 6.92 Å². The van der Waals surface area contributed by atoms with Gasteiger partial charge in [0.1, 0.15) is 0 Å². The molecule has 5 nitrogen and oxygen atoms in total. The first kappa shape index (κ1) is 17.7. The molecule has 3 N–H and O–H groups in total. The highest BCUT2D eigenvalue weighted by Crippen LogP contribution is 2.10. The van der Waals surface area contributed by atoms with Crippen molar-refractivity contribution in [1.29, 1.82) is 0 Å². The highest BCUT2D eigenvalue weighted by Gasteiger charge is 2.16. The lowest BCUT2D eigenvalue weighted by Crippen LogP contribution is -2.28. The van der Waals surface area contributed by atoms with Crippen LogP contribution in [-0.2, 0) is 4.79 Å². The third-order valence-corrected chi connectivity index (χ3v) is 3.36. The maximum Gasteiger partial charge on any atom is 0.224 e. The van der Waals surface area contributed by atoms with Crippen LogP contribution in [-0.4, -0.2) is 36.4 Å². The fourth-order valence-corrected chi connectivity index (χ4v) is 2.31. The number of aryl methyl sites for hydroxylation is 1. The average Bonchev–Trinajstić information content (AvgIpc) is 2.92. The van der Waals surface area contributed by atoms with Gasteiger partial charge in [0.2, 0.25) is 5.91 Å². The molecular weight excluding hydrogens is 379 g/mol. The Kier molecular flexibility index (Phi) is 7.49. The monoisotopic (exact) mass is 402 g/mol. The van der Waals surface area contributed by atoms with Gasteiger partial charge in [-0.15, -0.1) is 24.0 Å². The van der Waals surface area contributed by atoms with Gasteiger partial charge in [-0.3, -0.25) is 9.79 Å². The Morgan fingerprint density at radius 1 is 1.38 bits per heavy atom. The lowest BCUT2D eigenvalue weighted by molar-refractivity contribution is -0.129. The van der Waals surface area contributed by atoms with Crippen LogP contribution in [0.5, 0.6) is 0 Å². The lowest BCUT2D eigenvalue weighted by Gasteiger charge is -2.14. The van der Waals surface area contributed by atoms with E-state index in [9.17, 15) is 4.79 Å². The number of nitrogens with zero attached hydrogens (tertiary/aromatic N) is 2. The summed E-state index contributed by atoms with van der Waals surface area (Å²) < 4.78 is 0. The molecule has 6 heteroatoms. The van der Waals surface area contributed by atoms with Gasteiger partial charge >= 0.3 is 0 Å². The summed E-state index contributed by atoms with van der Waals surface area (Å²) in [4.78, 5) is 17.9. The molecule has 0 atom stereocenters. The molecule has 1 aromatic carbocycles. The predicted octanol–water partition coefficient (Wildman–Crippen LogP) is 2.35. The number of carbonyl (C=O) groups is 1. The number of aliphatic imine (C=N–C) groups is 1. The Morgan fingerprint density at radius 2 is 2.10 bits per heavy atom. The van der Waals surface area contributed by atoms with E-state index in [0.717, 1.165) is 37.2 Å². The molecule has 1 aromatic rings. The quantitative estimate of drug-likeness (QED) is 0.462. The van der Waals surface area contributed by atoms with Gasteiger partial charge < -0.3 is 16.0 Å². The SMILES string of the molecule is Cc1cccc(NC(N)=NCCC(=O)N2CCCC2)c1.I. The van der Waals surface area contributed by atoms with Crippen LogP contribution in [0.4, 0.5) is 5.69 Å². The van der Waals surface area contributed by atoms with E-state index < -0.39 is 0 Å². The van der Waals surface area contributed by atoms with Gasteiger partial charge in [-0.1, -0.05) is 12.1 Å². The number of anilines is 1. The summed E-state index contributed by atoms with van der Waals surface area (Å²) in [7, 11) is 0. The average molecular weight is 402 g/mol. The Morgan fingerprint density at radius 3 is 2.76 bits per heavy atom. The van der Waals surface area contributed by atoms with Crippen LogP contribution >= 0.6 is 24.0 Å². The van der Waals surface area contributed by atoms with Gasteiger partial charge in [-0.25, -0.2) is 0 Å². The van der Waals surface area contributed by atoms with Crippen LogP contribution in [0.3, 0.4) is 0 Å². The molecule has 1 aliphatic rings. The summed E-state index contributed by atoms with van der Waals surface area (Å²) >= 11 is 0. The van der Waals surface area contributed by atoms with Crippen molar-refractivity contribution in [2.24, 2.45) is 10.7 Å². The zero-order valence-electron chi connectivity index (χ0n) is 12.3. The van der Waals surface area contributed by atoms with E-state index in [4.69, 9.17) is 5.73 Å². The molecule has 1 fully saturated rings. The van der Waals surface area contributed by atoms with Crippen molar-refractivity contribution in [3.05, 3.63) is 29.8 Å². The molecule has 2 rings (SSSR count). The van der Waals surface area contributed by atoms with E-state index in [1.54, 1.807) is 0 Å². The Labute approximate surface area is 143 Å². The first-order chi connectivity index (χ1) is 9.65. The molecular formula is C15H23IN4O. The molecule has 0 aromatic heterocycles. The van der Waals surface area contributed by atoms with E-state index in [1.807, 2.05) is 36.1 Å². The van der Waals surface area contributed by atoms with Gasteiger partial charge in [-0.2, -0.15) is 0 Å². The van der Waals surface area contributed by atoms with E-state index in [2.05, 4.69) is 10.3 Å². The van der Waals surface area contributed by atoms with Crippen molar-refractivity contribution in [2.45, 2.75) is 26.2 Å². The van der Waals surface area contributed by atoms with Crippen molar-refractivity contribution in [3.63, 3.8) is 0 Å². The fraction of sp³-hybridized carbons (Fsp3) is 0.467. The third-order valence-electron chi connectivity index (χ3n) is 3.36. The van der Waals surface area contributed by atoms with E-state index >= 15 is 0 Å². The summed E-state index contributed by atoms with van der Waals surface area (Å²) in [6.07, 6.45) is 2.66. The minimum Gasteiger partial charge on any atom is -0.370 e. The molecule has 1 amide bonds. The Balaban J connectivity index is 0.00000220. The van der Waals surface area contributed by atoms with Crippen LogP contribution < -0.4 is 11.1 Å². The van der Waals surface area contributed by atoms with E-state index in [0.29, 0.717) is 18.9 Å². The molecule has 1 heterocycles. The molecule has 0 bridgehead atoms. The van der Waals surface area contributed by atoms with Gasteiger partial charge in [-0.05, 0) is 37.5 Å². The van der Waals surface area contributed by atoms with E-state index in [1.165, 1.54) is 0 Å². The number of carbonyl (C=O) groups excluding carboxylic acids is 1. The molecule has 0 unspecified atom stereocenters. The van der Waals surface area contributed by atoms with Crippen molar-refractivity contribution >= 4 is 41.5 Å². The third kappa shape index (κ3) is 5.91. The molecule has 21 heavy (non-hydrogen) atoms. The summed E-state index contributed by atoms with van der Waals surface area (Å²) in [5.74, 6) is 0.527. The first-order valence-electron chi connectivity index (χ1n) is 7.06. The number of amides is 1. The second kappa shape index (κ2) is 8.86. The van der Waals surface area contributed by atoms with Crippen LogP contribution in [0.2, 0.25) is 0 Å². The van der Waals surface area contributed by atoms with Crippen LogP contribution in [0.25, 0.3) is 0 Å². The number of hydrogen-bond donors (Lipinski definition) is 2. The van der Waals surface area contributed by atoms with Gasteiger partial charge in [0, 0.05) is 25.2 Å². The van der Waals surface area contributed by atoms with Crippen molar-refractivity contribution < 1.29 is 4.79 Å². The summed E-state index contributed by atoms with van der Waals surface area (Å²) in [6.45, 7) is 4.23. The molecule has 1 aliphatic heterocycles. The van der Waals surface area contributed by atoms with E-state index in [-0.39, 0.29) is 29.9 Å². The topological polar surface area (TPSA) is 70.7 Å². The second-order valence-corrected chi connectivity index (χ2v) is 5.10. The van der Waals surface area contributed by atoms with Crippen molar-refractivity contribution in [2.75, 3.05) is 25.0 Å². The number of hydrogen-bond acceptors (Lipinski definition) is 2. The maximum absolute atomic E-state index is 11.8. The smallest absolute Gasteiger partial charge is 0.224 e. The van der Waals surface area contributed by atoms with Gasteiger partial charge in [0.05, 0.1) is 6.54 Å². The maximum atomic E-state index is 11.8. The number of guanidine groups is 1. The second-order valence-electron chi connectivity index (χ2n) is 5.10. The minimum atomic E-state index is 0. The molecule has 1 saturated heterocycles. The van der Waals surface area contributed by atoms with Crippen molar-refractivity contribution in [1.82, 2.24) is 4.90 Å². The number of likely N-dealkylation sites (tertiary alicyclic amines) is 1. The Bertz CT molecular complexity index is 498. The number of rotatable bonds is 4. The largest absolute Gasteiger partial charge is 0.370 e. The summed E-state index contributed by atoms with van der Waals surface area (Å²) in [5.41, 5.74) is 7.88. The predicted molar refractivity (Wildman–Crippen MR) is 97.1 cm³/mol. The highest BCUT2D eigenvalue weighted by molar-refractivity contribution is 14.0. The van der Waals surface area contributed by atoms with Gasteiger partial charge in [0.15, 0.2) is 5.96 Å². The number of halogens is 1. The molecule has 116 valence electrons. The molecule has 0 spiro atoms. The van der Waals surface area contributed by atoms with Crippen LogP contribution in [0.15, 0.2) is 29.3 Å². The molecule has 0 saturated carbocycles. The summed E-state index contributed by atoms with van der Waals surface area (Å²) in [5, 5.41) is 3.03. The van der Waals surface area contributed by atoms with Crippen molar-refractivity contribution in [3.8, 4) is 0 Å². The highest BCUT2D eigenvalue weighted by atomic mass is 127. The number of nitrogens with two attached hydrogens (primary N) is 1. The number of nitrogens with one attached hydrogen (secondary N) is 1. The minimum absolute atomic E-state index is 0. The first-order valence-corrected chi connectivity index (χ1v) is 7.06. The number of benzene rings is 1. The lowest BCUT2D eigenvalue weighted by atomic mass is 10.2.